The molecule has 0 aliphatic carbocycles. The molecule has 124 valence electrons. The molecular weight excluding hydrogens is 324 g/mol. The molecule has 0 aliphatic rings. The van der Waals surface area contributed by atoms with Gasteiger partial charge in [-0.2, -0.15) is 0 Å². The predicted octanol–water partition coefficient (Wildman–Crippen LogP) is 3.79. The highest BCUT2D eigenvalue weighted by Crippen LogP contribution is 2.23. The van der Waals surface area contributed by atoms with Crippen LogP contribution in [0.25, 0.3) is 0 Å². The first-order chi connectivity index (χ1) is 11.1. The van der Waals surface area contributed by atoms with E-state index >= 15 is 0 Å². The summed E-state index contributed by atoms with van der Waals surface area (Å²) in [4.78, 5) is 15.7. The van der Waals surface area contributed by atoms with Crippen molar-refractivity contribution in [1.82, 2.24) is 10.2 Å². The maximum Gasteiger partial charge on any atom is 0.232 e. The second-order valence-corrected chi connectivity index (χ2v) is 7.99. The van der Waals surface area contributed by atoms with Gasteiger partial charge < -0.3 is 10.2 Å². The Morgan fingerprint density at radius 3 is 2.57 bits per heavy atom. The molecule has 2 atom stereocenters. The number of nitrogens with zero attached hydrogens (tertiary/aromatic N) is 1. The fourth-order valence-corrected chi connectivity index (χ4v) is 4.02. The van der Waals surface area contributed by atoms with E-state index in [1.54, 1.807) is 23.1 Å². The minimum Gasteiger partial charge on any atom is -0.353 e. The summed E-state index contributed by atoms with van der Waals surface area (Å²) in [5.74, 6) is 0.964. The summed E-state index contributed by atoms with van der Waals surface area (Å²) in [6.07, 6.45) is 0. The molecule has 5 heteroatoms. The number of hydrogen-bond donors (Lipinski definition) is 1. The summed E-state index contributed by atoms with van der Waals surface area (Å²) in [6.45, 7) is 2.61. The lowest BCUT2D eigenvalue weighted by atomic mass is 10.2. The lowest BCUT2D eigenvalue weighted by Crippen LogP contribution is -2.37. The third-order valence-electron chi connectivity index (χ3n) is 3.68. The molecule has 0 bridgehead atoms. The standard InChI is InChI=1S/C18H24N2OS2/c1-14(23-13-15-8-5-4-6-9-15)18(21)19-12-16(20(2)3)17-10-7-11-22-17/h4-11,14,16H,12-13H2,1-3H3,(H,19,21)/t14-,16-/m0/s1. The van der Waals surface area contributed by atoms with Gasteiger partial charge in [0.1, 0.15) is 0 Å². The second-order valence-electron chi connectivity index (χ2n) is 5.68. The summed E-state index contributed by atoms with van der Waals surface area (Å²) in [5.41, 5.74) is 1.25. The Morgan fingerprint density at radius 1 is 1.22 bits per heavy atom. The molecule has 0 aliphatic heterocycles. The molecule has 0 saturated heterocycles. The van der Waals surface area contributed by atoms with E-state index in [2.05, 4.69) is 39.9 Å². The van der Waals surface area contributed by atoms with Gasteiger partial charge in [0.15, 0.2) is 0 Å². The van der Waals surface area contributed by atoms with Crippen molar-refractivity contribution < 1.29 is 4.79 Å². The van der Waals surface area contributed by atoms with Crippen molar-refractivity contribution in [1.29, 1.82) is 0 Å². The molecule has 1 aromatic heterocycles. The van der Waals surface area contributed by atoms with Gasteiger partial charge in [-0.1, -0.05) is 36.4 Å². The first-order valence-electron chi connectivity index (χ1n) is 7.71. The first-order valence-corrected chi connectivity index (χ1v) is 9.64. The Hall–Kier alpha value is -1.30. The number of carbonyl (C=O) groups excluding carboxylic acids is 1. The maximum atomic E-state index is 12.3. The van der Waals surface area contributed by atoms with E-state index in [-0.39, 0.29) is 17.2 Å². The van der Waals surface area contributed by atoms with Crippen LogP contribution < -0.4 is 5.32 Å². The normalized spacial score (nSPS) is 13.7. The first kappa shape index (κ1) is 18.0. The molecule has 0 saturated carbocycles. The van der Waals surface area contributed by atoms with Crippen LogP contribution in [0.2, 0.25) is 0 Å². The Morgan fingerprint density at radius 2 is 1.96 bits per heavy atom. The Kier molecular flexibility index (Phi) is 7.15. The SMILES string of the molecule is C[C@H](SCc1ccccc1)C(=O)NC[C@@H](c1cccs1)N(C)C. The van der Waals surface area contributed by atoms with E-state index in [0.29, 0.717) is 6.54 Å². The fraction of sp³-hybridized carbons (Fsp3) is 0.389. The largest absolute Gasteiger partial charge is 0.353 e. The molecular formula is C18H24N2OS2. The van der Waals surface area contributed by atoms with E-state index < -0.39 is 0 Å². The molecule has 0 fully saturated rings. The van der Waals surface area contributed by atoms with Crippen LogP contribution in [0.4, 0.5) is 0 Å². The molecule has 2 rings (SSSR count). The van der Waals surface area contributed by atoms with Crippen LogP contribution in [0.1, 0.15) is 23.4 Å². The van der Waals surface area contributed by atoms with Crippen molar-refractivity contribution in [3.63, 3.8) is 0 Å². The van der Waals surface area contributed by atoms with Crippen molar-refractivity contribution in [3.8, 4) is 0 Å². The third-order valence-corrected chi connectivity index (χ3v) is 5.86. The van der Waals surface area contributed by atoms with Gasteiger partial charge >= 0.3 is 0 Å². The van der Waals surface area contributed by atoms with E-state index in [4.69, 9.17) is 0 Å². The molecule has 0 spiro atoms. The number of likely N-dealkylation sites (N-methyl/N-ethyl adjacent to an activating group) is 1. The molecule has 0 unspecified atom stereocenters. The van der Waals surface area contributed by atoms with E-state index in [1.165, 1.54) is 10.4 Å². The van der Waals surface area contributed by atoms with Crippen molar-refractivity contribution >= 4 is 29.0 Å². The van der Waals surface area contributed by atoms with Gasteiger partial charge in [-0.05, 0) is 38.0 Å². The van der Waals surface area contributed by atoms with Crippen molar-refractivity contribution in [2.45, 2.75) is 24.0 Å². The number of rotatable bonds is 8. The van der Waals surface area contributed by atoms with Crippen LogP contribution in [0.3, 0.4) is 0 Å². The Bertz CT molecular complexity index is 584. The molecule has 23 heavy (non-hydrogen) atoms. The van der Waals surface area contributed by atoms with Crippen LogP contribution in [0.15, 0.2) is 47.8 Å². The number of thiophene rings is 1. The summed E-state index contributed by atoms with van der Waals surface area (Å²) in [6, 6.07) is 14.7. The third kappa shape index (κ3) is 5.68. The Balaban J connectivity index is 1.81. The maximum absolute atomic E-state index is 12.3. The van der Waals surface area contributed by atoms with Crippen LogP contribution in [0, 0.1) is 0 Å². The average molecular weight is 349 g/mol. The smallest absolute Gasteiger partial charge is 0.232 e. The molecule has 2 aromatic rings. The van der Waals surface area contributed by atoms with Gasteiger partial charge in [0.25, 0.3) is 0 Å². The van der Waals surface area contributed by atoms with E-state index in [0.717, 1.165) is 5.75 Å². The van der Waals surface area contributed by atoms with E-state index in [9.17, 15) is 4.79 Å². The topological polar surface area (TPSA) is 32.3 Å². The number of carbonyl (C=O) groups is 1. The number of benzene rings is 1. The van der Waals surface area contributed by atoms with Crippen molar-refractivity contribution in [2.75, 3.05) is 20.6 Å². The predicted molar refractivity (Wildman–Crippen MR) is 101 cm³/mol. The lowest BCUT2D eigenvalue weighted by Gasteiger charge is -2.24. The molecule has 3 nitrogen and oxygen atoms in total. The van der Waals surface area contributed by atoms with Gasteiger partial charge in [-0.15, -0.1) is 23.1 Å². The van der Waals surface area contributed by atoms with Crippen LogP contribution in [-0.2, 0) is 10.5 Å². The number of nitrogens with one attached hydrogen (secondary N) is 1. The summed E-state index contributed by atoms with van der Waals surface area (Å²) < 4.78 is 0. The minimum absolute atomic E-state index is 0.0543. The highest BCUT2D eigenvalue weighted by molar-refractivity contribution is 7.99. The molecule has 1 heterocycles. The molecule has 0 radical (unpaired) electrons. The molecule has 1 N–H and O–H groups in total. The fourth-order valence-electron chi connectivity index (χ4n) is 2.23. The zero-order valence-corrected chi connectivity index (χ0v) is 15.5. The van der Waals surface area contributed by atoms with Gasteiger partial charge in [0.05, 0.1) is 11.3 Å². The van der Waals surface area contributed by atoms with Crippen molar-refractivity contribution in [3.05, 3.63) is 58.3 Å². The van der Waals surface area contributed by atoms with Gasteiger partial charge in [-0.25, -0.2) is 0 Å². The highest BCUT2D eigenvalue weighted by atomic mass is 32.2. The second kappa shape index (κ2) is 9.11. The summed E-state index contributed by atoms with van der Waals surface area (Å²) >= 11 is 3.40. The highest BCUT2D eigenvalue weighted by Gasteiger charge is 2.19. The van der Waals surface area contributed by atoms with Crippen molar-refractivity contribution in [2.24, 2.45) is 0 Å². The average Bonchev–Trinajstić information content (AvgIpc) is 3.07. The van der Waals surface area contributed by atoms with Gasteiger partial charge in [-0.3, -0.25) is 4.79 Å². The van der Waals surface area contributed by atoms with Crippen LogP contribution in [0.5, 0.6) is 0 Å². The zero-order valence-electron chi connectivity index (χ0n) is 13.9. The number of thioether (sulfide) groups is 1. The summed E-state index contributed by atoms with van der Waals surface area (Å²) in [5, 5.41) is 5.11. The number of hydrogen-bond acceptors (Lipinski definition) is 4. The minimum atomic E-state index is -0.0543. The number of amides is 1. The quantitative estimate of drug-likeness (QED) is 0.788. The summed E-state index contributed by atoms with van der Waals surface area (Å²) in [7, 11) is 4.09. The molecule has 1 amide bonds. The van der Waals surface area contributed by atoms with E-state index in [1.807, 2.05) is 39.2 Å². The molecule has 1 aromatic carbocycles. The van der Waals surface area contributed by atoms with Crippen LogP contribution in [-0.4, -0.2) is 36.7 Å². The van der Waals surface area contributed by atoms with Gasteiger partial charge in [0.2, 0.25) is 5.91 Å². The van der Waals surface area contributed by atoms with Crippen LogP contribution >= 0.6 is 23.1 Å². The lowest BCUT2D eigenvalue weighted by molar-refractivity contribution is -0.120. The van der Waals surface area contributed by atoms with Gasteiger partial charge in [0, 0.05) is 17.2 Å². The zero-order chi connectivity index (χ0) is 16.7. The monoisotopic (exact) mass is 348 g/mol. The Labute approximate surface area is 147 Å².